The maximum Gasteiger partial charge on any atom is 0.172 e. The standard InChI is InChI=1S/C14H14BrNO2/c1-8-9(2)18-10(3)14(8)13(17)6-12-5-4-11(15)7-16-12/h4-5,7H,6H2,1-3H3. The molecule has 0 aromatic carbocycles. The molecule has 18 heavy (non-hydrogen) atoms. The number of hydrogen-bond acceptors (Lipinski definition) is 3. The summed E-state index contributed by atoms with van der Waals surface area (Å²) in [4.78, 5) is 16.5. The van der Waals surface area contributed by atoms with E-state index < -0.39 is 0 Å². The zero-order chi connectivity index (χ0) is 13.3. The van der Waals surface area contributed by atoms with E-state index in [9.17, 15) is 4.79 Å². The number of furan rings is 1. The number of pyridine rings is 1. The van der Waals surface area contributed by atoms with Crippen molar-refractivity contribution >= 4 is 21.7 Å². The molecule has 0 spiro atoms. The number of rotatable bonds is 3. The van der Waals surface area contributed by atoms with Crippen LogP contribution in [0.25, 0.3) is 0 Å². The van der Waals surface area contributed by atoms with Crippen molar-refractivity contribution in [2.24, 2.45) is 0 Å². The molecule has 0 bridgehead atoms. The maximum absolute atomic E-state index is 12.2. The van der Waals surface area contributed by atoms with Gasteiger partial charge in [-0.25, -0.2) is 0 Å². The molecular weight excluding hydrogens is 294 g/mol. The Labute approximate surface area is 114 Å². The van der Waals surface area contributed by atoms with Crippen LogP contribution in [0.4, 0.5) is 0 Å². The number of aryl methyl sites for hydroxylation is 2. The highest BCUT2D eigenvalue weighted by Gasteiger charge is 2.18. The number of hydrogen-bond donors (Lipinski definition) is 0. The van der Waals surface area contributed by atoms with Crippen molar-refractivity contribution in [3.63, 3.8) is 0 Å². The number of ketones is 1. The van der Waals surface area contributed by atoms with Crippen molar-refractivity contribution in [1.82, 2.24) is 4.98 Å². The van der Waals surface area contributed by atoms with E-state index in [1.54, 1.807) is 6.20 Å². The second kappa shape index (κ2) is 5.06. The molecule has 4 heteroatoms. The van der Waals surface area contributed by atoms with Crippen molar-refractivity contribution in [1.29, 1.82) is 0 Å². The van der Waals surface area contributed by atoms with E-state index in [-0.39, 0.29) is 5.78 Å². The fourth-order valence-corrected chi connectivity index (χ4v) is 2.20. The van der Waals surface area contributed by atoms with Crippen LogP contribution in [0.3, 0.4) is 0 Å². The fraction of sp³-hybridized carbons (Fsp3) is 0.286. The average Bonchev–Trinajstić information content (AvgIpc) is 2.56. The summed E-state index contributed by atoms with van der Waals surface area (Å²) in [5.41, 5.74) is 2.38. The molecule has 3 nitrogen and oxygen atoms in total. The van der Waals surface area contributed by atoms with Gasteiger partial charge in [-0.15, -0.1) is 0 Å². The largest absolute Gasteiger partial charge is 0.466 e. The molecule has 0 unspecified atom stereocenters. The van der Waals surface area contributed by atoms with Crippen LogP contribution in [0.5, 0.6) is 0 Å². The SMILES string of the molecule is Cc1oc(C)c(C(=O)Cc2ccc(Br)cn2)c1C. The van der Waals surface area contributed by atoms with Crippen molar-refractivity contribution in [2.75, 3.05) is 0 Å². The molecule has 0 amide bonds. The van der Waals surface area contributed by atoms with Crippen LogP contribution in [0.2, 0.25) is 0 Å². The normalized spacial score (nSPS) is 10.7. The van der Waals surface area contributed by atoms with Gasteiger partial charge in [-0.05, 0) is 48.8 Å². The van der Waals surface area contributed by atoms with Crippen LogP contribution in [-0.2, 0) is 6.42 Å². The third kappa shape index (κ3) is 2.53. The molecule has 2 rings (SSSR count). The highest BCUT2D eigenvalue weighted by molar-refractivity contribution is 9.10. The first kappa shape index (κ1) is 13.0. The number of carbonyl (C=O) groups excluding carboxylic acids is 1. The van der Waals surface area contributed by atoms with Crippen LogP contribution >= 0.6 is 15.9 Å². The monoisotopic (exact) mass is 307 g/mol. The average molecular weight is 308 g/mol. The molecule has 0 fully saturated rings. The van der Waals surface area contributed by atoms with Gasteiger partial charge in [0.15, 0.2) is 5.78 Å². The van der Waals surface area contributed by atoms with E-state index >= 15 is 0 Å². The second-order valence-electron chi connectivity index (χ2n) is 4.28. The summed E-state index contributed by atoms with van der Waals surface area (Å²) in [5.74, 6) is 1.54. The van der Waals surface area contributed by atoms with Crippen LogP contribution in [0.1, 0.15) is 33.1 Å². The van der Waals surface area contributed by atoms with E-state index in [0.29, 0.717) is 17.7 Å². The molecule has 0 atom stereocenters. The Balaban J connectivity index is 2.24. The quantitative estimate of drug-likeness (QED) is 0.810. The Morgan fingerprint density at radius 3 is 2.50 bits per heavy atom. The minimum Gasteiger partial charge on any atom is -0.466 e. The van der Waals surface area contributed by atoms with Crippen LogP contribution in [0.15, 0.2) is 27.2 Å². The summed E-state index contributed by atoms with van der Waals surface area (Å²) in [7, 11) is 0. The van der Waals surface area contributed by atoms with Gasteiger partial charge < -0.3 is 4.42 Å². The van der Waals surface area contributed by atoms with E-state index in [4.69, 9.17) is 4.42 Å². The van der Waals surface area contributed by atoms with E-state index in [2.05, 4.69) is 20.9 Å². The fourth-order valence-electron chi connectivity index (χ4n) is 1.97. The summed E-state index contributed by atoms with van der Waals surface area (Å²) in [6.45, 7) is 5.60. The predicted molar refractivity (Wildman–Crippen MR) is 72.9 cm³/mol. The Morgan fingerprint density at radius 2 is 2.00 bits per heavy atom. The Hall–Kier alpha value is -1.42. The molecule has 94 valence electrons. The molecule has 2 heterocycles. The van der Waals surface area contributed by atoms with Crippen LogP contribution < -0.4 is 0 Å². The van der Waals surface area contributed by atoms with Gasteiger partial charge >= 0.3 is 0 Å². The zero-order valence-corrected chi connectivity index (χ0v) is 12.2. The van der Waals surface area contributed by atoms with Gasteiger partial charge in [-0.1, -0.05) is 0 Å². The van der Waals surface area contributed by atoms with Gasteiger partial charge in [-0.2, -0.15) is 0 Å². The molecule has 0 saturated carbocycles. The summed E-state index contributed by atoms with van der Waals surface area (Å²) in [6, 6.07) is 3.73. The molecule has 0 radical (unpaired) electrons. The summed E-state index contributed by atoms with van der Waals surface area (Å²) >= 11 is 3.32. The molecule has 0 aliphatic rings. The lowest BCUT2D eigenvalue weighted by molar-refractivity contribution is 0.0990. The van der Waals surface area contributed by atoms with Crippen LogP contribution in [-0.4, -0.2) is 10.8 Å². The Kier molecular flexibility index (Phi) is 3.66. The molecule has 2 aromatic heterocycles. The number of nitrogens with zero attached hydrogens (tertiary/aromatic N) is 1. The lowest BCUT2D eigenvalue weighted by atomic mass is 10.0. The van der Waals surface area contributed by atoms with Crippen LogP contribution in [0, 0.1) is 20.8 Å². The van der Waals surface area contributed by atoms with Crippen molar-refractivity contribution in [2.45, 2.75) is 27.2 Å². The molecule has 0 N–H and O–H groups in total. The maximum atomic E-state index is 12.2. The number of Topliss-reactive ketones (excluding diaryl/α,β-unsaturated/α-hetero) is 1. The van der Waals surface area contributed by atoms with Gasteiger partial charge in [0.05, 0.1) is 12.0 Å². The number of carbonyl (C=O) groups is 1. The van der Waals surface area contributed by atoms with Gasteiger partial charge in [0.25, 0.3) is 0 Å². The lowest BCUT2D eigenvalue weighted by Gasteiger charge is -2.01. The van der Waals surface area contributed by atoms with Gasteiger partial charge in [0.2, 0.25) is 0 Å². The zero-order valence-electron chi connectivity index (χ0n) is 10.6. The smallest absolute Gasteiger partial charge is 0.172 e. The highest BCUT2D eigenvalue weighted by atomic mass is 79.9. The first-order chi connectivity index (χ1) is 8.49. The number of halogens is 1. The van der Waals surface area contributed by atoms with E-state index in [1.807, 2.05) is 32.9 Å². The predicted octanol–water partition coefficient (Wildman–Crippen LogP) is 3.79. The highest BCUT2D eigenvalue weighted by Crippen LogP contribution is 2.22. The minimum absolute atomic E-state index is 0.0525. The van der Waals surface area contributed by atoms with Crippen molar-refractivity contribution in [3.05, 3.63) is 51.1 Å². The summed E-state index contributed by atoms with van der Waals surface area (Å²) in [6.07, 6.45) is 2.00. The van der Waals surface area contributed by atoms with Gasteiger partial charge in [-0.3, -0.25) is 9.78 Å². The first-order valence-corrected chi connectivity index (χ1v) is 6.48. The third-order valence-corrected chi connectivity index (χ3v) is 3.44. The number of aromatic nitrogens is 1. The van der Waals surface area contributed by atoms with Crippen molar-refractivity contribution < 1.29 is 9.21 Å². The van der Waals surface area contributed by atoms with Crippen molar-refractivity contribution in [3.8, 4) is 0 Å². The van der Waals surface area contributed by atoms with E-state index in [1.165, 1.54) is 0 Å². The first-order valence-electron chi connectivity index (χ1n) is 5.69. The molecule has 2 aromatic rings. The lowest BCUT2D eigenvalue weighted by Crippen LogP contribution is -2.07. The summed E-state index contributed by atoms with van der Waals surface area (Å²) in [5, 5.41) is 0. The molecule has 0 saturated heterocycles. The molecular formula is C14H14BrNO2. The Bertz CT molecular complexity index is 585. The van der Waals surface area contributed by atoms with E-state index in [0.717, 1.165) is 21.5 Å². The minimum atomic E-state index is 0.0525. The Morgan fingerprint density at radius 1 is 1.28 bits per heavy atom. The third-order valence-electron chi connectivity index (χ3n) is 2.97. The molecule has 0 aliphatic heterocycles. The molecule has 0 aliphatic carbocycles. The topological polar surface area (TPSA) is 43.1 Å². The van der Waals surface area contributed by atoms with Gasteiger partial charge in [0, 0.05) is 21.9 Å². The summed E-state index contributed by atoms with van der Waals surface area (Å²) < 4.78 is 6.38. The van der Waals surface area contributed by atoms with Gasteiger partial charge in [0.1, 0.15) is 11.5 Å². The second-order valence-corrected chi connectivity index (χ2v) is 5.20.